The molecule has 1 aromatic rings. The molecule has 1 aliphatic heterocycles. The summed E-state index contributed by atoms with van der Waals surface area (Å²) < 4.78 is 13.7. The van der Waals surface area contributed by atoms with Crippen molar-refractivity contribution in [1.82, 2.24) is 4.90 Å². The van der Waals surface area contributed by atoms with Crippen LogP contribution in [0.4, 0.5) is 4.39 Å². The van der Waals surface area contributed by atoms with E-state index >= 15 is 0 Å². The van der Waals surface area contributed by atoms with Crippen LogP contribution in [0.3, 0.4) is 0 Å². The van der Waals surface area contributed by atoms with E-state index in [-0.39, 0.29) is 11.7 Å². The molecule has 2 unspecified atom stereocenters. The van der Waals surface area contributed by atoms with Crippen LogP contribution < -0.4 is 0 Å². The van der Waals surface area contributed by atoms with E-state index in [0.29, 0.717) is 21.0 Å². The molecular formula is C14H17FINO. The molecule has 1 saturated heterocycles. The fourth-order valence-electron chi connectivity index (χ4n) is 2.28. The molecule has 18 heavy (non-hydrogen) atoms. The SMILES string of the molecule is CC1CCN(C(=O)c2ccc(F)cc2I)CC1C. The Bertz CT molecular complexity index is 463. The second-order valence-corrected chi connectivity index (χ2v) is 6.28. The van der Waals surface area contributed by atoms with Crippen LogP contribution >= 0.6 is 22.6 Å². The van der Waals surface area contributed by atoms with Crippen molar-refractivity contribution in [2.75, 3.05) is 13.1 Å². The second kappa shape index (κ2) is 5.55. The summed E-state index contributed by atoms with van der Waals surface area (Å²) in [6.45, 7) is 6.01. The summed E-state index contributed by atoms with van der Waals surface area (Å²) in [7, 11) is 0. The molecule has 2 nitrogen and oxygen atoms in total. The lowest BCUT2D eigenvalue weighted by atomic mass is 9.88. The van der Waals surface area contributed by atoms with Crippen LogP contribution in [0.1, 0.15) is 30.6 Å². The van der Waals surface area contributed by atoms with Gasteiger partial charge in [0, 0.05) is 16.7 Å². The first-order valence-electron chi connectivity index (χ1n) is 6.23. The third-order valence-corrected chi connectivity index (χ3v) is 4.68. The van der Waals surface area contributed by atoms with Gasteiger partial charge in [-0.3, -0.25) is 4.79 Å². The molecule has 98 valence electrons. The van der Waals surface area contributed by atoms with Crippen molar-refractivity contribution in [1.29, 1.82) is 0 Å². The number of hydrogen-bond donors (Lipinski definition) is 0. The van der Waals surface area contributed by atoms with Crippen LogP contribution in [0.5, 0.6) is 0 Å². The number of likely N-dealkylation sites (tertiary alicyclic amines) is 1. The smallest absolute Gasteiger partial charge is 0.254 e. The van der Waals surface area contributed by atoms with Crippen molar-refractivity contribution >= 4 is 28.5 Å². The lowest BCUT2D eigenvalue weighted by molar-refractivity contribution is 0.0626. The van der Waals surface area contributed by atoms with Gasteiger partial charge in [0.15, 0.2) is 0 Å². The van der Waals surface area contributed by atoms with Gasteiger partial charge in [-0.05, 0) is 59.0 Å². The fourth-order valence-corrected chi connectivity index (χ4v) is 2.99. The van der Waals surface area contributed by atoms with Crippen LogP contribution in [0.15, 0.2) is 18.2 Å². The summed E-state index contributed by atoms with van der Waals surface area (Å²) in [5.41, 5.74) is 0.610. The highest BCUT2D eigenvalue weighted by atomic mass is 127. The molecular weight excluding hydrogens is 344 g/mol. The van der Waals surface area contributed by atoms with Crippen LogP contribution in [0.2, 0.25) is 0 Å². The van der Waals surface area contributed by atoms with Gasteiger partial charge in [-0.1, -0.05) is 13.8 Å². The maximum Gasteiger partial charge on any atom is 0.254 e. The van der Waals surface area contributed by atoms with E-state index in [2.05, 4.69) is 13.8 Å². The molecule has 1 heterocycles. The number of benzene rings is 1. The molecule has 1 aromatic carbocycles. The van der Waals surface area contributed by atoms with Crippen molar-refractivity contribution < 1.29 is 9.18 Å². The predicted octanol–water partition coefficient (Wildman–Crippen LogP) is 3.55. The van der Waals surface area contributed by atoms with E-state index in [1.807, 2.05) is 27.5 Å². The van der Waals surface area contributed by atoms with E-state index in [1.165, 1.54) is 12.1 Å². The quantitative estimate of drug-likeness (QED) is 0.701. The van der Waals surface area contributed by atoms with E-state index in [4.69, 9.17) is 0 Å². The maximum atomic E-state index is 13.0. The lowest BCUT2D eigenvalue weighted by Gasteiger charge is -2.35. The van der Waals surface area contributed by atoms with Crippen molar-refractivity contribution in [2.45, 2.75) is 20.3 Å². The molecule has 1 fully saturated rings. The fraction of sp³-hybridized carbons (Fsp3) is 0.500. The molecule has 0 bridgehead atoms. The minimum atomic E-state index is -0.295. The number of carbonyl (C=O) groups excluding carboxylic acids is 1. The Morgan fingerprint density at radius 2 is 2.11 bits per heavy atom. The second-order valence-electron chi connectivity index (χ2n) is 5.12. The van der Waals surface area contributed by atoms with Gasteiger partial charge in [0.2, 0.25) is 0 Å². The Morgan fingerprint density at radius 3 is 2.72 bits per heavy atom. The average molecular weight is 361 g/mol. The highest BCUT2D eigenvalue weighted by molar-refractivity contribution is 14.1. The average Bonchev–Trinajstić information content (AvgIpc) is 2.32. The standard InChI is InChI=1S/C14H17FINO/c1-9-5-6-17(8-10(9)2)14(18)12-4-3-11(15)7-13(12)16/h3-4,7,9-10H,5-6,8H2,1-2H3. The topological polar surface area (TPSA) is 20.3 Å². The number of rotatable bonds is 1. The van der Waals surface area contributed by atoms with Gasteiger partial charge >= 0.3 is 0 Å². The summed E-state index contributed by atoms with van der Waals surface area (Å²) >= 11 is 2.02. The van der Waals surface area contributed by atoms with Crippen molar-refractivity contribution in [3.05, 3.63) is 33.1 Å². The molecule has 0 saturated carbocycles. The molecule has 2 rings (SSSR count). The molecule has 0 aromatic heterocycles. The molecule has 0 radical (unpaired) electrons. The number of halogens is 2. The van der Waals surface area contributed by atoms with Gasteiger partial charge < -0.3 is 4.90 Å². The highest BCUT2D eigenvalue weighted by Gasteiger charge is 2.27. The summed E-state index contributed by atoms with van der Waals surface area (Å²) in [6, 6.07) is 4.34. The van der Waals surface area contributed by atoms with Crippen LogP contribution in [-0.2, 0) is 0 Å². The molecule has 4 heteroatoms. The van der Waals surface area contributed by atoms with Gasteiger partial charge in [-0.2, -0.15) is 0 Å². The zero-order chi connectivity index (χ0) is 13.3. The Morgan fingerprint density at radius 1 is 1.39 bits per heavy atom. The Kier molecular flexibility index (Phi) is 4.25. The van der Waals surface area contributed by atoms with Gasteiger partial charge in [0.25, 0.3) is 5.91 Å². The molecule has 0 spiro atoms. The predicted molar refractivity (Wildman–Crippen MR) is 78.0 cm³/mol. The van der Waals surface area contributed by atoms with Gasteiger partial charge in [0.1, 0.15) is 5.82 Å². The minimum Gasteiger partial charge on any atom is -0.338 e. The Balaban J connectivity index is 2.16. The molecule has 1 aliphatic rings. The van der Waals surface area contributed by atoms with Gasteiger partial charge in [-0.25, -0.2) is 4.39 Å². The van der Waals surface area contributed by atoms with Crippen molar-refractivity contribution in [3.63, 3.8) is 0 Å². The normalized spacial score (nSPS) is 24.1. The van der Waals surface area contributed by atoms with E-state index in [9.17, 15) is 9.18 Å². The molecule has 0 aliphatic carbocycles. The summed E-state index contributed by atoms with van der Waals surface area (Å²) in [6.07, 6.45) is 1.05. The van der Waals surface area contributed by atoms with E-state index in [0.717, 1.165) is 19.5 Å². The van der Waals surface area contributed by atoms with Crippen LogP contribution in [0.25, 0.3) is 0 Å². The molecule has 0 N–H and O–H groups in total. The minimum absolute atomic E-state index is 0.0261. The Hall–Kier alpha value is -0.650. The van der Waals surface area contributed by atoms with Gasteiger partial charge in [0.05, 0.1) is 5.56 Å². The third-order valence-electron chi connectivity index (χ3n) is 3.78. The maximum absolute atomic E-state index is 13.0. The lowest BCUT2D eigenvalue weighted by Crippen LogP contribution is -2.42. The van der Waals surface area contributed by atoms with E-state index in [1.54, 1.807) is 6.07 Å². The number of amides is 1. The first-order valence-corrected chi connectivity index (χ1v) is 7.31. The van der Waals surface area contributed by atoms with Crippen LogP contribution in [0, 0.1) is 21.2 Å². The summed E-state index contributed by atoms with van der Waals surface area (Å²) in [4.78, 5) is 14.3. The van der Waals surface area contributed by atoms with Gasteiger partial charge in [-0.15, -0.1) is 0 Å². The third kappa shape index (κ3) is 2.84. The highest BCUT2D eigenvalue weighted by Crippen LogP contribution is 2.25. The largest absolute Gasteiger partial charge is 0.338 e. The zero-order valence-corrected chi connectivity index (χ0v) is 12.8. The van der Waals surface area contributed by atoms with Crippen molar-refractivity contribution in [3.8, 4) is 0 Å². The monoisotopic (exact) mass is 361 g/mol. The number of nitrogens with zero attached hydrogens (tertiary/aromatic N) is 1. The number of carbonyl (C=O) groups is 1. The Labute approximate surface area is 121 Å². The van der Waals surface area contributed by atoms with Crippen LogP contribution in [-0.4, -0.2) is 23.9 Å². The zero-order valence-electron chi connectivity index (χ0n) is 10.6. The first-order chi connectivity index (χ1) is 8.49. The summed E-state index contributed by atoms with van der Waals surface area (Å²) in [5.74, 6) is 0.928. The first kappa shape index (κ1) is 13.8. The number of piperidine rings is 1. The van der Waals surface area contributed by atoms with E-state index < -0.39 is 0 Å². The molecule has 2 atom stereocenters. The molecule has 1 amide bonds. The van der Waals surface area contributed by atoms with Crippen molar-refractivity contribution in [2.24, 2.45) is 11.8 Å². The number of hydrogen-bond acceptors (Lipinski definition) is 1. The summed E-state index contributed by atoms with van der Waals surface area (Å²) in [5, 5.41) is 0.